The van der Waals surface area contributed by atoms with E-state index in [-0.39, 0.29) is 30.2 Å². The van der Waals surface area contributed by atoms with Crippen molar-refractivity contribution in [3.63, 3.8) is 0 Å². The minimum atomic E-state index is -0.399. The molecule has 1 amide bonds. The van der Waals surface area contributed by atoms with E-state index in [0.29, 0.717) is 31.9 Å². The number of hydrogen-bond donors (Lipinski definition) is 2. The molecule has 6 atom stereocenters. The Labute approximate surface area is 199 Å². The number of piperidine rings is 2. The standard InChI is InChI=1S/C27H31N3O4/c31-27(34-13-22-20-7-3-1-5-18(20)19-6-2-4-8-21(19)22)29-23-14-32-26-24(15-33-25(23)26)30-12-16-9-10-17(30)11-28-16/h1-8,16-17,22-26,28H,9-15H2,(H,29,31)/t16-,17-,23-,24-,25+,26+/m0/s1. The maximum absolute atomic E-state index is 12.8. The van der Waals surface area contributed by atoms with Gasteiger partial charge in [0.1, 0.15) is 18.8 Å². The number of carbonyl (C=O) groups excluding carboxylic acids is 1. The molecule has 5 aliphatic heterocycles. The molecular weight excluding hydrogens is 430 g/mol. The second-order valence-corrected chi connectivity index (χ2v) is 10.3. The Hall–Kier alpha value is -2.45. The van der Waals surface area contributed by atoms with Crippen LogP contribution in [-0.4, -0.2) is 80.3 Å². The molecule has 0 unspecified atom stereocenters. The smallest absolute Gasteiger partial charge is 0.407 e. The van der Waals surface area contributed by atoms with Crippen molar-refractivity contribution >= 4 is 6.09 Å². The fourth-order valence-corrected chi connectivity index (χ4v) is 6.83. The van der Waals surface area contributed by atoms with E-state index < -0.39 is 6.09 Å². The molecule has 7 heteroatoms. The molecule has 7 nitrogen and oxygen atoms in total. The monoisotopic (exact) mass is 461 g/mol. The Bertz CT molecular complexity index is 1040. The van der Waals surface area contributed by atoms with E-state index >= 15 is 0 Å². The van der Waals surface area contributed by atoms with Gasteiger partial charge in [0.25, 0.3) is 0 Å². The number of amides is 1. The van der Waals surface area contributed by atoms with Gasteiger partial charge >= 0.3 is 6.09 Å². The van der Waals surface area contributed by atoms with Gasteiger partial charge in [-0.3, -0.25) is 4.90 Å². The zero-order chi connectivity index (χ0) is 22.6. The molecule has 0 saturated carbocycles. The molecule has 5 heterocycles. The molecule has 0 radical (unpaired) electrons. The van der Waals surface area contributed by atoms with Crippen LogP contribution in [0.25, 0.3) is 11.1 Å². The Morgan fingerprint density at radius 2 is 1.74 bits per heavy atom. The summed E-state index contributed by atoms with van der Waals surface area (Å²) in [5, 5.41) is 6.66. The van der Waals surface area contributed by atoms with Crippen molar-refractivity contribution in [3.8, 4) is 11.1 Å². The van der Waals surface area contributed by atoms with Crippen LogP contribution < -0.4 is 10.6 Å². The van der Waals surface area contributed by atoms with Crippen molar-refractivity contribution in [1.82, 2.24) is 15.5 Å². The highest BCUT2D eigenvalue weighted by Crippen LogP contribution is 2.44. The van der Waals surface area contributed by atoms with E-state index in [1.165, 1.54) is 35.1 Å². The Kier molecular flexibility index (Phi) is 5.12. The maximum Gasteiger partial charge on any atom is 0.407 e. The van der Waals surface area contributed by atoms with Crippen LogP contribution in [0.3, 0.4) is 0 Å². The summed E-state index contributed by atoms with van der Waals surface area (Å²) in [5.41, 5.74) is 4.89. The summed E-state index contributed by atoms with van der Waals surface area (Å²) in [5.74, 6) is 0.0565. The lowest BCUT2D eigenvalue weighted by Gasteiger charge is -2.49. The quantitative estimate of drug-likeness (QED) is 0.729. The molecule has 0 spiro atoms. The van der Waals surface area contributed by atoms with Gasteiger partial charge in [-0.1, -0.05) is 48.5 Å². The van der Waals surface area contributed by atoms with Gasteiger partial charge in [0, 0.05) is 31.1 Å². The Morgan fingerprint density at radius 1 is 1.00 bits per heavy atom. The van der Waals surface area contributed by atoms with Gasteiger partial charge in [0.05, 0.1) is 25.3 Å². The summed E-state index contributed by atoms with van der Waals surface area (Å²) < 4.78 is 18.1. The molecule has 178 valence electrons. The van der Waals surface area contributed by atoms with E-state index in [9.17, 15) is 4.79 Å². The number of hydrogen-bond acceptors (Lipinski definition) is 6. The van der Waals surface area contributed by atoms with Crippen molar-refractivity contribution in [2.45, 2.75) is 55.1 Å². The van der Waals surface area contributed by atoms with Crippen molar-refractivity contribution in [2.24, 2.45) is 0 Å². The first-order valence-electron chi connectivity index (χ1n) is 12.6. The first-order valence-corrected chi connectivity index (χ1v) is 12.6. The third kappa shape index (κ3) is 3.37. The van der Waals surface area contributed by atoms with Gasteiger partial charge in [0.15, 0.2) is 0 Å². The van der Waals surface area contributed by atoms with Crippen LogP contribution >= 0.6 is 0 Å². The lowest BCUT2D eigenvalue weighted by molar-refractivity contribution is -0.0187. The first-order chi connectivity index (χ1) is 16.8. The molecule has 2 aromatic rings. The summed E-state index contributed by atoms with van der Waals surface area (Å²) in [7, 11) is 0. The molecule has 0 aromatic heterocycles. The van der Waals surface area contributed by atoms with E-state index in [0.717, 1.165) is 13.1 Å². The molecule has 2 bridgehead atoms. The second kappa shape index (κ2) is 8.34. The molecule has 5 fully saturated rings. The number of piperazine rings is 1. The van der Waals surface area contributed by atoms with Crippen LogP contribution in [0.1, 0.15) is 29.9 Å². The predicted molar refractivity (Wildman–Crippen MR) is 127 cm³/mol. The molecule has 2 aromatic carbocycles. The molecule has 5 saturated heterocycles. The summed E-state index contributed by atoms with van der Waals surface area (Å²) in [6.07, 6.45) is 2.00. The molecular formula is C27H31N3O4. The molecule has 8 rings (SSSR count). The number of benzene rings is 2. The van der Waals surface area contributed by atoms with Crippen LogP contribution in [0.15, 0.2) is 48.5 Å². The van der Waals surface area contributed by atoms with Crippen LogP contribution in [-0.2, 0) is 14.2 Å². The summed E-state index contributed by atoms with van der Waals surface area (Å²) >= 11 is 0. The number of fused-ring (bicyclic) bond motifs is 7. The van der Waals surface area contributed by atoms with E-state index in [1.807, 2.05) is 12.1 Å². The third-order valence-electron chi connectivity index (χ3n) is 8.49. The van der Waals surface area contributed by atoms with Crippen molar-refractivity contribution in [2.75, 3.05) is 32.9 Å². The zero-order valence-electron chi connectivity index (χ0n) is 19.2. The highest BCUT2D eigenvalue weighted by Gasteiger charge is 2.52. The maximum atomic E-state index is 12.8. The van der Waals surface area contributed by atoms with Gasteiger partial charge in [-0.15, -0.1) is 0 Å². The van der Waals surface area contributed by atoms with Gasteiger partial charge in [-0.25, -0.2) is 4.79 Å². The van der Waals surface area contributed by atoms with Crippen LogP contribution in [0.5, 0.6) is 0 Å². The van der Waals surface area contributed by atoms with Gasteiger partial charge in [-0.05, 0) is 35.1 Å². The highest BCUT2D eigenvalue weighted by molar-refractivity contribution is 5.79. The lowest BCUT2D eigenvalue weighted by Crippen LogP contribution is -2.65. The van der Waals surface area contributed by atoms with Crippen molar-refractivity contribution < 1.29 is 19.0 Å². The van der Waals surface area contributed by atoms with Crippen LogP contribution in [0.4, 0.5) is 4.79 Å². The average molecular weight is 462 g/mol. The SMILES string of the molecule is O=C(N[C@H]1CO[C@H]2[C@@H]1OC[C@@H]2N1C[C@@H]2CC[C@H]1CN2)OCC1c2ccccc2-c2ccccc21. The minimum absolute atomic E-state index is 0.0123. The number of carbonyl (C=O) groups is 1. The first kappa shape index (κ1) is 20.9. The van der Waals surface area contributed by atoms with Crippen molar-refractivity contribution in [1.29, 1.82) is 0 Å². The fraction of sp³-hybridized carbons (Fsp3) is 0.519. The second-order valence-electron chi connectivity index (χ2n) is 10.3. The van der Waals surface area contributed by atoms with Gasteiger partial charge in [-0.2, -0.15) is 0 Å². The topological polar surface area (TPSA) is 72.1 Å². The largest absolute Gasteiger partial charge is 0.449 e. The molecule has 6 aliphatic rings. The number of rotatable bonds is 4. The van der Waals surface area contributed by atoms with Crippen LogP contribution in [0, 0.1) is 0 Å². The number of alkyl carbamates (subject to hydrolysis) is 1. The molecule has 1 aliphatic carbocycles. The van der Waals surface area contributed by atoms with E-state index in [4.69, 9.17) is 14.2 Å². The average Bonchev–Trinajstić information content (AvgIpc) is 3.57. The molecule has 34 heavy (non-hydrogen) atoms. The summed E-state index contributed by atoms with van der Waals surface area (Å²) in [6.45, 7) is 3.57. The third-order valence-corrected chi connectivity index (χ3v) is 8.49. The summed E-state index contributed by atoms with van der Waals surface area (Å²) in [4.78, 5) is 15.4. The fourth-order valence-electron chi connectivity index (χ4n) is 6.83. The van der Waals surface area contributed by atoms with E-state index in [2.05, 4.69) is 51.9 Å². The highest BCUT2D eigenvalue weighted by atomic mass is 16.6. The Morgan fingerprint density at radius 3 is 2.41 bits per heavy atom. The normalized spacial score (nSPS) is 34.0. The van der Waals surface area contributed by atoms with Crippen molar-refractivity contribution in [3.05, 3.63) is 59.7 Å². The lowest BCUT2D eigenvalue weighted by atomic mass is 9.90. The predicted octanol–water partition coefficient (Wildman–Crippen LogP) is 2.50. The number of ether oxygens (including phenoxy) is 3. The molecule has 2 N–H and O–H groups in total. The van der Waals surface area contributed by atoms with Gasteiger partial charge in [0.2, 0.25) is 0 Å². The zero-order valence-corrected chi connectivity index (χ0v) is 19.2. The minimum Gasteiger partial charge on any atom is -0.449 e. The van der Waals surface area contributed by atoms with Gasteiger partial charge < -0.3 is 24.8 Å². The number of nitrogens with zero attached hydrogens (tertiary/aromatic N) is 1. The Balaban J connectivity index is 0.985. The summed E-state index contributed by atoms with van der Waals surface area (Å²) in [6, 6.07) is 18.0. The van der Waals surface area contributed by atoms with E-state index in [1.54, 1.807) is 0 Å². The van der Waals surface area contributed by atoms with Crippen LogP contribution in [0.2, 0.25) is 0 Å². The number of nitrogens with one attached hydrogen (secondary N) is 2.